The lowest BCUT2D eigenvalue weighted by molar-refractivity contribution is 0.628. The summed E-state index contributed by atoms with van der Waals surface area (Å²) < 4.78 is 12.9. The topological polar surface area (TPSA) is 63.8 Å². The van der Waals surface area contributed by atoms with E-state index >= 15 is 0 Å². The molecule has 1 heterocycles. The average molecular weight is 218 g/mol. The highest BCUT2D eigenvalue weighted by Crippen LogP contribution is 2.16. The van der Waals surface area contributed by atoms with Crippen molar-refractivity contribution in [2.75, 3.05) is 11.1 Å². The molecule has 0 aliphatic heterocycles. The molecule has 0 bridgehead atoms. The molecule has 0 radical (unpaired) electrons. The minimum atomic E-state index is -0.302. The zero-order valence-corrected chi connectivity index (χ0v) is 8.74. The fourth-order valence-electron chi connectivity index (χ4n) is 1.37. The molecule has 0 saturated carbocycles. The Balaban J connectivity index is 2.27. The summed E-state index contributed by atoms with van der Waals surface area (Å²) in [4.78, 5) is 7.94. The van der Waals surface area contributed by atoms with Gasteiger partial charge in [-0.3, -0.25) is 0 Å². The van der Waals surface area contributed by atoms with Gasteiger partial charge in [-0.1, -0.05) is 6.07 Å². The highest BCUT2D eigenvalue weighted by Gasteiger charge is 2.00. The van der Waals surface area contributed by atoms with Gasteiger partial charge in [-0.2, -0.15) is 4.98 Å². The molecular formula is C11H11FN4. The van der Waals surface area contributed by atoms with Crippen LogP contribution in [0.4, 0.5) is 21.8 Å². The maximum absolute atomic E-state index is 12.9. The van der Waals surface area contributed by atoms with E-state index < -0.39 is 0 Å². The van der Waals surface area contributed by atoms with Gasteiger partial charge in [0.2, 0.25) is 5.95 Å². The number of nitrogens with two attached hydrogens (primary N) is 1. The van der Waals surface area contributed by atoms with Gasteiger partial charge in [0.25, 0.3) is 0 Å². The summed E-state index contributed by atoms with van der Waals surface area (Å²) in [5.41, 5.74) is 6.89. The first-order valence-corrected chi connectivity index (χ1v) is 4.77. The predicted octanol–water partition coefficient (Wildman–Crippen LogP) is 2.25. The van der Waals surface area contributed by atoms with E-state index in [-0.39, 0.29) is 11.8 Å². The number of rotatable bonds is 2. The van der Waals surface area contributed by atoms with Gasteiger partial charge in [0, 0.05) is 17.4 Å². The van der Waals surface area contributed by atoms with Crippen LogP contribution in [0.5, 0.6) is 0 Å². The first-order valence-electron chi connectivity index (χ1n) is 4.77. The molecule has 0 unspecified atom stereocenters. The summed E-state index contributed by atoms with van der Waals surface area (Å²) in [6.45, 7) is 1.81. The molecule has 4 nitrogen and oxygen atoms in total. The SMILES string of the molecule is Cc1cc(Nc2cccc(F)c2)nc(N)n1. The second-order valence-corrected chi connectivity index (χ2v) is 3.39. The standard InChI is InChI=1S/C11H11FN4/c1-7-5-10(16-11(13)14-7)15-9-4-2-3-8(12)6-9/h2-6H,1H3,(H3,13,14,15,16). The van der Waals surface area contributed by atoms with Crippen molar-refractivity contribution >= 4 is 17.5 Å². The molecule has 2 rings (SSSR count). The number of nitrogens with one attached hydrogen (secondary N) is 1. The zero-order valence-electron chi connectivity index (χ0n) is 8.74. The van der Waals surface area contributed by atoms with E-state index in [2.05, 4.69) is 15.3 Å². The van der Waals surface area contributed by atoms with E-state index in [4.69, 9.17) is 5.73 Å². The Hall–Kier alpha value is -2.17. The average Bonchev–Trinajstić information content (AvgIpc) is 2.15. The normalized spacial score (nSPS) is 10.1. The Morgan fingerprint density at radius 2 is 2.06 bits per heavy atom. The van der Waals surface area contributed by atoms with Crippen molar-refractivity contribution < 1.29 is 4.39 Å². The van der Waals surface area contributed by atoms with Crippen LogP contribution >= 0.6 is 0 Å². The number of nitrogen functional groups attached to an aromatic ring is 1. The Bertz CT molecular complexity index is 493. The Morgan fingerprint density at radius 3 is 2.75 bits per heavy atom. The summed E-state index contributed by atoms with van der Waals surface area (Å²) >= 11 is 0. The molecule has 16 heavy (non-hydrogen) atoms. The molecule has 0 amide bonds. The van der Waals surface area contributed by atoms with Gasteiger partial charge in [-0.05, 0) is 25.1 Å². The van der Waals surface area contributed by atoms with Crippen molar-refractivity contribution in [3.8, 4) is 0 Å². The molecule has 0 saturated heterocycles. The van der Waals surface area contributed by atoms with Crippen molar-refractivity contribution in [3.05, 3.63) is 41.8 Å². The highest BCUT2D eigenvalue weighted by molar-refractivity contribution is 5.57. The molecule has 0 aliphatic carbocycles. The van der Waals surface area contributed by atoms with Crippen LogP contribution in [-0.4, -0.2) is 9.97 Å². The first-order chi connectivity index (χ1) is 7.63. The molecule has 0 atom stereocenters. The summed E-state index contributed by atoms with van der Waals surface area (Å²) in [6, 6.07) is 7.87. The van der Waals surface area contributed by atoms with E-state index in [0.717, 1.165) is 5.69 Å². The quantitative estimate of drug-likeness (QED) is 0.811. The van der Waals surface area contributed by atoms with Crippen LogP contribution in [0.15, 0.2) is 30.3 Å². The molecule has 0 spiro atoms. The van der Waals surface area contributed by atoms with E-state index in [9.17, 15) is 4.39 Å². The minimum absolute atomic E-state index is 0.193. The fraction of sp³-hybridized carbons (Fsp3) is 0.0909. The van der Waals surface area contributed by atoms with Crippen LogP contribution in [0.2, 0.25) is 0 Å². The predicted molar refractivity (Wildman–Crippen MR) is 60.9 cm³/mol. The van der Waals surface area contributed by atoms with Gasteiger partial charge in [0.15, 0.2) is 0 Å². The summed E-state index contributed by atoms with van der Waals surface area (Å²) in [5, 5.41) is 2.96. The molecule has 1 aromatic heterocycles. The van der Waals surface area contributed by atoms with Gasteiger partial charge in [0.05, 0.1) is 0 Å². The number of hydrogen-bond acceptors (Lipinski definition) is 4. The van der Waals surface area contributed by atoms with E-state index in [1.54, 1.807) is 18.2 Å². The van der Waals surface area contributed by atoms with E-state index in [0.29, 0.717) is 11.5 Å². The Kier molecular flexibility index (Phi) is 2.68. The molecule has 0 fully saturated rings. The monoisotopic (exact) mass is 218 g/mol. The lowest BCUT2D eigenvalue weighted by atomic mass is 10.3. The first kappa shape index (κ1) is 10.4. The second-order valence-electron chi connectivity index (χ2n) is 3.39. The third kappa shape index (κ3) is 2.44. The maximum atomic E-state index is 12.9. The van der Waals surface area contributed by atoms with Crippen molar-refractivity contribution in [1.82, 2.24) is 9.97 Å². The van der Waals surface area contributed by atoms with Crippen molar-refractivity contribution in [2.24, 2.45) is 0 Å². The van der Waals surface area contributed by atoms with Crippen molar-refractivity contribution in [1.29, 1.82) is 0 Å². The molecule has 2 aromatic rings. The van der Waals surface area contributed by atoms with E-state index in [1.807, 2.05) is 6.92 Å². The molecule has 3 N–H and O–H groups in total. The van der Waals surface area contributed by atoms with E-state index in [1.165, 1.54) is 12.1 Å². The summed E-state index contributed by atoms with van der Waals surface area (Å²) in [6.07, 6.45) is 0. The van der Waals surface area contributed by atoms with Crippen LogP contribution in [0.3, 0.4) is 0 Å². The number of hydrogen-bond donors (Lipinski definition) is 2. The van der Waals surface area contributed by atoms with Gasteiger partial charge in [-0.25, -0.2) is 9.37 Å². The van der Waals surface area contributed by atoms with Crippen molar-refractivity contribution in [2.45, 2.75) is 6.92 Å². The Morgan fingerprint density at radius 1 is 1.25 bits per heavy atom. The highest BCUT2D eigenvalue weighted by atomic mass is 19.1. The number of halogens is 1. The van der Waals surface area contributed by atoms with Crippen LogP contribution < -0.4 is 11.1 Å². The van der Waals surface area contributed by atoms with Crippen LogP contribution in [0, 0.1) is 12.7 Å². The van der Waals surface area contributed by atoms with Crippen LogP contribution in [-0.2, 0) is 0 Å². The second kappa shape index (κ2) is 4.14. The lowest BCUT2D eigenvalue weighted by Crippen LogP contribution is -2.01. The zero-order chi connectivity index (χ0) is 11.5. The molecule has 1 aromatic carbocycles. The van der Waals surface area contributed by atoms with Crippen LogP contribution in [0.25, 0.3) is 0 Å². The smallest absolute Gasteiger partial charge is 0.222 e. The largest absolute Gasteiger partial charge is 0.368 e. The van der Waals surface area contributed by atoms with Crippen molar-refractivity contribution in [3.63, 3.8) is 0 Å². The summed E-state index contributed by atoms with van der Waals surface area (Å²) in [7, 11) is 0. The molecule has 5 heteroatoms. The fourth-order valence-corrected chi connectivity index (χ4v) is 1.37. The molecular weight excluding hydrogens is 207 g/mol. The number of benzene rings is 1. The Labute approximate surface area is 92.3 Å². The maximum Gasteiger partial charge on any atom is 0.222 e. The van der Waals surface area contributed by atoms with Gasteiger partial charge in [0.1, 0.15) is 11.6 Å². The summed E-state index contributed by atoms with van der Waals surface area (Å²) in [5.74, 6) is 0.443. The number of nitrogens with zero attached hydrogens (tertiary/aromatic N) is 2. The third-order valence-corrected chi connectivity index (χ3v) is 1.97. The molecule has 82 valence electrons. The van der Waals surface area contributed by atoms with Gasteiger partial charge < -0.3 is 11.1 Å². The number of anilines is 3. The minimum Gasteiger partial charge on any atom is -0.368 e. The number of aromatic nitrogens is 2. The van der Waals surface area contributed by atoms with Crippen LogP contribution in [0.1, 0.15) is 5.69 Å². The number of aryl methyl sites for hydroxylation is 1. The van der Waals surface area contributed by atoms with Gasteiger partial charge >= 0.3 is 0 Å². The van der Waals surface area contributed by atoms with Gasteiger partial charge in [-0.15, -0.1) is 0 Å². The third-order valence-electron chi connectivity index (χ3n) is 1.97. The lowest BCUT2D eigenvalue weighted by Gasteiger charge is -2.06. The molecule has 0 aliphatic rings.